The molecule has 0 saturated heterocycles. The summed E-state index contributed by atoms with van der Waals surface area (Å²) in [5, 5.41) is 0. The van der Waals surface area contributed by atoms with Crippen molar-refractivity contribution in [2.45, 2.75) is 399 Å². The molecule has 0 aliphatic carbocycles. The molecule has 6 heteroatoms. The number of unbranched alkanes of at least 4 members (excludes halogenated alkanes) is 51. The molecule has 0 N–H and O–H groups in total. The SMILES string of the molecule is CCCCCCCCCC/C=C\CCCCCCCCCCCCCCCCCCCCCCCC(=O)OCC(COC(=O)CCCCCCCC)OC(=O)CCCCCCCCCCCCCCCCCCCC. The van der Waals surface area contributed by atoms with Crippen molar-refractivity contribution in [3.05, 3.63) is 12.2 Å². The van der Waals surface area contributed by atoms with E-state index in [-0.39, 0.29) is 31.1 Å². The third-order valence-electron chi connectivity index (χ3n) is 15.8. The van der Waals surface area contributed by atoms with Gasteiger partial charge in [-0.3, -0.25) is 14.4 Å². The second-order valence-electron chi connectivity index (χ2n) is 23.5. The number of rotatable bonds is 64. The maximum absolute atomic E-state index is 12.8. The molecule has 444 valence electrons. The fourth-order valence-electron chi connectivity index (χ4n) is 10.6. The van der Waals surface area contributed by atoms with Gasteiger partial charge in [-0.1, -0.05) is 341 Å². The minimum absolute atomic E-state index is 0.0632. The van der Waals surface area contributed by atoms with E-state index in [1.807, 2.05) is 0 Å². The van der Waals surface area contributed by atoms with Gasteiger partial charge in [0.05, 0.1) is 0 Å². The summed E-state index contributed by atoms with van der Waals surface area (Å²) in [5.41, 5.74) is 0. The molecule has 0 saturated carbocycles. The molecule has 0 rings (SSSR count). The zero-order chi connectivity index (χ0) is 54.3. The van der Waals surface area contributed by atoms with Crippen LogP contribution in [0.3, 0.4) is 0 Å². The smallest absolute Gasteiger partial charge is 0.306 e. The number of hydrogen-bond acceptors (Lipinski definition) is 6. The van der Waals surface area contributed by atoms with Gasteiger partial charge in [-0.25, -0.2) is 0 Å². The average molecular weight is 1060 g/mol. The Bertz CT molecular complexity index is 1170. The molecule has 0 aromatic rings. The van der Waals surface area contributed by atoms with Gasteiger partial charge in [0.1, 0.15) is 13.2 Å². The Morgan fingerprint density at radius 2 is 0.440 bits per heavy atom. The van der Waals surface area contributed by atoms with E-state index >= 15 is 0 Å². The van der Waals surface area contributed by atoms with Gasteiger partial charge in [-0.2, -0.15) is 0 Å². The molecule has 0 spiro atoms. The molecule has 1 atom stereocenters. The van der Waals surface area contributed by atoms with Crippen molar-refractivity contribution >= 4 is 17.9 Å². The first kappa shape index (κ1) is 73.2. The third-order valence-corrected chi connectivity index (χ3v) is 15.8. The summed E-state index contributed by atoms with van der Waals surface area (Å²) in [6.45, 7) is 6.65. The summed E-state index contributed by atoms with van der Waals surface area (Å²) < 4.78 is 16.8. The van der Waals surface area contributed by atoms with Gasteiger partial charge in [0.15, 0.2) is 6.10 Å². The van der Waals surface area contributed by atoms with Crippen molar-refractivity contribution in [2.75, 3.05) is 13.2 Å². The number of ether oxygens (including phenoxy) is 3. The monoisotopic (exact) mass is 1060 g/mol. The molecule has 0 bridgehead atoms. The summed E-state index contributed by atoms with van der Waals surface area (Å²) in [5.74, 6) is -0.844. The number of carbonyl (C=O) groups excluding carboxylic acids is 3. The highest BCUT2D eigenvalue weighted by atomic mass is 16.6. The molecule has 0 aromatic carbocycles. The predicted octanol–water partition coefficient (Wildman–Crippen LogP) is 23.2. The highest BCUT2D eigenvalue weighted by Crippen LogP contribution is 2.19. The largest absolute Gasteiger partial charge is 0.462 e. The van der Waals surface area contributed by atoms with Crippen LogP contribution in [0, 0.1) is 0 Å². The quantitative estimate of drug-likeness (QED) is 0.0261. The van der Waals surface area contributed by atoms with Crippen LogP contribution < -0.4 is 0 Å². The van der Waals surface area contributed by atoms with Gasteiger partial charge in [0.25, 0.3) is 0 Å². The molecule has 0 aliphatic rings. The van der Waals surface area contributed by atoms with Crippen molar-refractivity contribution in [3.63, 3.8) is 0 Å². The number of carbonyl (C=O) groups is 3. The molecule has 0 aliphatic heterocycles. The molecule has 6 nitrogen and oxygen atoms in total. The minimum Gasteiger partial charge on any atom is -0.462 e. The van der Waals surface area contributed by atoms with Crippen molar-refractivity contribution in [2.24, 2.45) is 0 Å². The van der Waals surface area contributed by atoms with Crippen LogP contribution in [0.4, 0.5) is 0 Å². The molecule has 75 heavy (non-hydrogen) atoms. The van der Waals surface area contributed by atoms with Crippen LogP contribution in [0.25, 0.3) is 0 Å². The van der Waals surface area contributed by atoms with Gasteiger partial charge in [-0.15, -0.1) is 0 Å². The Kier molecular flexibility index (Phi) is 63.1. The minimum atomic E-state index is -0.762. The zero-order valence-corrected chi connectivity index (χ0v) is 51.1. The van der Waals surface area contributed by atoms with Crippen LogP contribution in [0.15, 0.2) is 12.2 Å². The molecule has 0 radical (unpaired) electrons. The van der Waals surface area contributed by atoms with Gasteiger partial charge >= 0.3 is 17.9 Å². The lowest BCUT2D eigenvalue weighted by atomic mass is 10.0. The first-order valence-electron chi connectivity index (χ1n) is 34.2. The molecule has 0 amide bonds. The summed E-state index contributed by atoms with van der Waals surface area (Å²) in [6, 6.07) is 0. The van der Waals surface area contributed by atoms with Crippen molar-refractivity contribution in [1.29, 1.82) is 0 Å². The van der Waals surface area contributed by atoms with E-state index in [0.717, 1.165) is 57.8 Å². The highest BCUT2D eigenvalue weighted by molar-refractivity contribution is 5.71. The Morgan fingerprint density at radius 3 is 0.667 bits per heavy atom. The van der Waals surface area contributed by atoms with E-state index in [1.54, 1.807) is 0 Å². The third kappa shape index (κ3) is 62.9. The van der Waals surface area contributed by atoms with Crippen molar-refractivity contribution < 1.29 is 28.6 Å². The molecule has 0 heterocycles. The van der Waals surface area contributed by atoms with Gasteiger partial charge < -0.3 is 14.2 Å². The number of allylic oxidation sites excluding steroid dienone is 2. The fraction of sp³-hybridized carbons (Fsp3) is 0.928. The Labute approximate surface area is 469 Å². The van der Waals surface area contributed by atoms with E-state index in [1.165, 1.54) is 295 Å². The average Bonchev–Trinajstić information content (AvgIpc) is 3.41. The van der Waals surface area contributed by atoms with E-state index < -0.39 is 6.10 Å². The standard InChI is InChI=1S/C69H132O6/c1-4-7-10-13-16-18-20-22-24-26-28-29-30-31-32-33-34-35-36-37-38-39-40-41-42-44-45-47-49-51-53-56-59-62-68(71)74-65-66(64-73-67(70)61-58-55-15-12-9-6-3)75-69(72)63-60-57-54-52-50-48-46-43-27-25-23-21-19-17-14-11-8-5-2/h26,28,66H,4-25,27,29-65H2,1-3H3/b28-26-. The Morgan fingerprint density at radius 1 is 0.253 bits per heavy atom. The zero-order valence-electron chi connectivity index (χ0n) is 51.1. The molecule has 0 fully saturated rings. The van der Waals surface area contributed by atoms with Crippen molar-refractivity contribution in [1.82, 2.24) is 0 Å². The molecule has 0 aromatic heterocycles. The first-order valence-corrected chi connectivity index (χ1v) is 34.2. The normalized spacial score (nSPS) is 12.0. The molecule has 1 unspecified atom stereocenters. The van der Waals surface area contributed by atoms with E-state index in [2.05, 4.69) is 32.9 Å². The van der Waals surface area contributed by atoms with Crippen LogP contribution in [-0.4, -0.2) is 37.2 Å². The lowest BCUT2D eigenvalue weighted by Crippen LogP contribution is -2.30. The second kappa shape index (κ2) is 64.7. The lowest BCUT2D eigenvalue weighted by molar-refractivity contribution is -0.167. The summed E-state index contributed by atoms with van der Waals surface area (Å²) in [7, 11) is 0. The van der Waals surface area contributed by atoms with Crippen LogP contribution in [-0.2, 0) is 28.6 Å². The summed E-state index contributed by atoms with van der Waals surface area (Å²) in [4.78, 5) is 38.0. The van der Waals surface area contributed by atoms with Crippen LogP contribution in [0.1, 0.15) is 393 Å². The maximum atomic E-state index is 12.8. The van der Waals surface area contributed by atoms with Gasteiger partial charge in [0.2, 0.25) is 0 Å². The molecular weight excluding hydrogens is 925 g/mol. The van der Waals surface area contributed by atoms with Crippen molar-refractivity contribution in [3.8, 4) is 0 Å². The van der Waals surface area contributed by atoms with Crippen LogP contribution in [0.5, 0.6) is 0 Å². The summed E-state index contributed by atoms with van der Waals surface area (Å²) >= 11 is 0. The Balaban J connectivity index is 3.90. The van der Waals surface area contributed by atoms with Crippen LogP contribution >= 0.6 is 0 Å². The fourth-order valence-corrected chi connectivity index (χ4v) is 10.6. The predicted molar refractivity (Wildman–Crippen MR) is 326 cm³/mol. The van der Waals surface area contributed by atoms with Gasteiger partial charge in [-0.05, 0) is 44.9 Å². The van der Waals surface area contributed by atoms with E-state index in [4.69, 9.17) is 14.2 Å². The molecular formula is C69H132O6. The summed E-state index contributed by atoms with van der Waals surface area (Å²) in [6.07, 6.45) is 77.2. The highest BCUT2D eigenvalue weighted by Gasteiger charge is 2.19. The number of hydrogen-bond donors (Lipinski definition) is 0. The number of esters is 3. The van der Waals surface area contributed by atoms with Crippen LogP contribution in [0.2, 0.25) is 0 Å². The van der Waals surface area contributed by atoms with E-state index in [0.29, 0.717) is 19.3 Å². The van der Waals surface area contributed by atoms with E-state index in [9.17, 15) is 14.4 Å². The Hall–Kier alpha value is -1.85. The first-order chi connectivity index (χ1) is 37.0. The topological polar surface area (TPSA) is 78.9 Å². The lowest BCUT2D eigenvalue weighted by Gasteiger charge is -2.18. The maximum Gasteiger partial charge on any atom is 0.306 e. The second-order valence-corrected chi connectivity index (χ2v) is 23.5. The van der Waals surface area contributed by atoms with Gasteiger partial charge in [0, 0.05) is 19.3 Å².